The fourth-order valence-corrected chi connectivity index (χ4v) is 4.73. The van der Waals surface area contributed by atoms with E-state index in [1.54, 1.807) is 12.4 Å². The largest absolute Gasteiger partial charge is 0.340 e. The van der Waals surface area contributed by atoms with E-state index in [4.69, 9.17) is 4.98 Å². The first kappa shape index (κ1) is 22.6. The third-order valence-electron chi connectivity index (χ3n) is 6.96. The third kappa shape index (κ3) is 5.06. The molecule has 2 N–H and O–H groups in total. The molecule has 2 fully saturated rings. The van der Waals surface area contributed by atoms with Crippen LogP contribution >= 0.6 is 0 Å². The number of aromatic nitrogens is 5. The van der Waals surface area contributed by atoms with Crippen molar-refractivity contribution >= 4 is 28.7 Å². The van der Waals surface area contributed by atoms with Crippen molar-refractivity contribution in [3.8, 4) is 11.3 Å². The molecule has 9 nitrogen and oxygen atoms in total. The van der Waals surface area contributed by atoms with Gasteiger partial charge in [-0.2, -0.15) is 0 Å². The third-order valence-corrected chi connectivity index (χ3v) is 6.96. The average molecular weight is 483 g/mol. The predicted molar refractivity (Wildman–Crippen MR) is 139 cm³/mol. The molecule has 3 aromatic heterocycles. The first-order valence-electron chi connectivity index (χ1n) is 12.6. The van der Waals surface area contributed by atoms with Crippen LogP contribution in [0.5, 0.6) is 0 Å². The number of hydrogen-bond donors (Lipinski definition) is 2. The van der Waals surface area contributed by atoms with Gasteiger partial charge in [-0.1, -0.05) is 12.1 Å². The van der Waals surface area contributed by atoms with Crippen LogP contribution in [0, 0.1) is 12.8 Å². The lowest BCUT2D eigenvalue weighted by Crippen LogP contribution is -2.48. The second kappa shape index (κ2) is 9.66. The van der Waals surface area contributed by atoms with Crippen molar-refractivity contribution in [2.24, 2.45) is 5.92 Å². The second-order valence-corrected chi connectivity index (χ2v) is 9.75. The number of hydrogen-bond acceptors (Lipinski definition) is 7. The Balaban J connectivity index is 1.13. The molecule has 1 aliphatic heterocycles. The molecule has 9 heteroatoms. The van der Waals surface area contributed by atoms with Gasteiger partial charge in [-0.05, 0) is 49.9 Å². The maximum Gasteiger partial charge on any atom is 0.222 e. The summed E-state index contributed by atoms with van der Waals surface area (Å²) in [6, 6.07) is 12.0. The fraction of sp³-hybridized carbons (Fsp3) is 0.370. The highest BCUT2D eigenvalue weighted by Crippen LogP contribution is 2.33. The standard InChI is InChI=1S/C27H30N8O/c1-18-28-10-8-22(30-18)20-6-7-23-24(16-20)32-27(31-23)33-26-21(3-2-9-29-26)17-34-11-13-35(14-12-34)25(36)15-19-4-5-19/h2-3,6-10,16,19H,4-5,11-15,17H2,1H3,(H2,29,31,32,33). The SMILES string of the molecule is Cc1nccc(-c2ccc3nc(Nc4ncccc4CN4CCN(C(=O)CC5CC5)CC4)[nH]c3c2)n1. The molecule has 0 spiro atoms. The molecule has 6 rings (SSSR count). The van der Waals surface area contributed by atoms with E-state index in [9.17, 15) is 4.79 Å². The lowest BCUT2D eigenvalue weighted by Gasteiger charge is -2.35. The smallest absolute Gasteiger partial charge is 0.222 e. The van der Waals surface area contributed by atoms with Gasteiger partial charge in [0, 0.05) is 62.7 Å². The van der Waals surface area contributed by atoms with Crippen LogP contribution in [0.25, 0.3) is 22.3 Å². The minimum Gasteiger partial charge on any atom is -0.340 e. The molecule has 1 saturated heterocycles. The summed E-state index contributed by atoms with van der Waals surface area (Å²) in [5, 5.41) is 3.38. The van der Waals surface area contributed by atoms with Crippen molar-refractivity contribution in [3.63, 3.8) is 0 Å². The zero-order valence-electron chi connectivity index (χ0n) is 20.4. The van der Waals surface area contributed by atoms with Gasteiger partial charge < -0.3 is 15.2 Å². The Kier molecular flexibility index (Phi) is 6.06. The number of benzene rings is 1. The minimum absolute atomic E-state index is 0.323. The summed E-state index contributed by atoms with van der Waals surface area (Å²) < 4.78 is 0. The van der Waals surface area contributed by atoms with Gasteiger partial charge in [0.25, 0.3) is 0 Å². The molecule has 1 amide bonds. The molecule has 0 bridgehead atoms. The van der Waals surface area contributed by atoms with E-state index < -0.39 is 0 Å². The maximum absolute atomic E-state index is 12.4. The normalized spacial score (nSPS) is 16.4. The van der Waals surface area contributed by atoms with E-state index in [0.29, 0.717) is 17.8 Å². The Hall–Kier alpha value is -3.85. The van der Waals surface area contributed by atoms with Crippen LogP contribution in [0.4, 0.5) is 11.8 Å². The van der Waals surface area contributed by atoms with Crippen LogP contribution in [-0.2, 0) is 11.3 Å². The van der Waals surface area contributed by atoms with E-state index >= 15 is 0 Å². The van der Waals surface area contributed by atoms with Crippen LogP contribution in [0.2, 0.25) is 0 Å². The van der Waals surface area contributed by atoms with E-state index in [2.05, 4.69) is 42.3 Å². The first-order chi connectivity index (χ1) is 17.6. The van der Waals surface area contributed by atoms with Crippen LogP contribution in [0.3, 0.4) is 0 Å². The van der Waals surface area contributed by atoms with Crippen molar-refractivity contribution < 1.29 is 4.79 Å². The topological polar surface area (TPSA) is 103 Å². The number of carbonyl (C=O) groups excluding carboxylic acids is 1. The molecule has 0 unspecified atom stereocenters. The monoisotopic (exact) mass is 482 g/mol. The number of piperazine rings is 1. The molecule has 0 atom stereocenters. The molecular formula is C27H30N8O. The van der Waals surface area contributed by atoms with E-state index in [1.807, 2.05) is 36.1 Å². The summed E-state index contributed by atoms with van der Waals surface area (Å²) >= 11 is 0. The van der Waals surface area contributed by atoms with E-state index in [-0.39, 0.29) is 0 Å². The summed E-state index contributed by atoms with van der Waals surface area (Å²) in [5.41, 5.74) is 4.80. The number of amides is 1. The van der Waals surface area contributed by atoms with Gasteiger partial charge in [-0.25, -0.2) is 19.9 Å². The lowest BCUT2D eigenvalue weighted by atomic mass is 10.1. The number of anilines is 2. The van der Waals surface area contributed by atoms with Crippen LogP contribution in [-0.4, -0.2) is 66.8 Å². The van der Waals surface area contributed by atoms with Gasteiger partial charge in [-0.3, -0.25) is 9.69 Å². The minimum atomic E-state index is 0.323. The maximum atomic E-state index is 12.4. The molecule has 1 saturated carbocycles. The average Bonchev–Trinajstić information content (AvgIpc) is 3.61. The number of imidazole rings is 1. The van der Waals surface area contributed by atoms with Crippen molar-refractivity contribution in [2.75, 3.05) is 31.5 Å². The van der Waals surface area contributed by atoms with Gasteiger partial charge in [0.05, 0.1) is 16.7 Å². The van der Waals surface area contributed by atoms with Gasteiger partial charge >= 0.3 is 0 Å². The number of rotatable bonds is 7. The van der Waals surface area contributed by atoms with E-state index in [1.165, 1.54) is 12.8 Å². The van der Waals surface area contributed by atoms with Crippen molar-refractivity contribution in [1.29, 1.82) is 0 Å². The number of nitrogens with one attached hydrogen (secondary N) is 2. The highest BCUT2D eigenvalue weighted by Gasteiger charge is 2.28. The number of H-pyrrole nitrogens is 1. The Morgan fingerprint density at radius 3 is 2.72 bits per heavy atom. The summed E-state index contributed by atoms with van der Waals surface area (Å²) in [6.07, 6.45) is 6.73. The highest BCUT2D eigenvalue weighted by atomic mass is 16.2. The van der Waals surface area contributed by atoms with Gasteiger partial charge in [-0.15, -0.1) is 0 Å². The first-order valence-corrected chi connectivity index (χ1v) is 12.6. The zero-order valence-corrected chi connectivity index (χ0v) is 20.4. The number of carbonyl (C=O) groups is 1. The Bertz CT molecular complexity index is 1390. The number of aromatic amines is 1. The Morgan fingerprint density at radius 2 is 1.92 bits per heavy atom. The van der Waals surface area contributed by atoms with Crippen LogP contribution in [0.15, 0.2) is 48.8 Å². The molecule has 36 heavy (non-hydrogen) atoms. The molecule has 4 aromatic rings. The van der Waals surface area contributed by atoms with Crippen LogP contribution < -0.4 is 5.32 Å². The van der Waals surface area contributed by atoms with Gasteiger partial charge in [0.2, 0.25) is 11.9 Å². The summed E-state index contributed by atoms with van der Waals surface area (Å²) in [4.78, 5) is 38.2. The van der Waals surface area contributed by atoms with Crippen molar-refractivity contribution in [1.82, 2.24) is 34.7 Å². The molecule has 0 radical (unpaired) electrons. The van der Waals surface area contributed by atoms with Crippen molar-refractivity contribution in [3.05, 3.63) is 60.2 Å². The fourth-order valence-electron chi connectivity index (χ4n) is 4.73. The number of aryl methyl sites for hydroxylation is 1. The number of pyridine rings is 1. The summed E-state index contributed by atoms with van der Waals surface area (Å²) in [5.74, 6) is 3.14. The molecule has 184 valence electrons. The molecule has 1 aliphatic carbocycles. The number of fused-ring (bicyclic) bond motifs is 1. The predicted octanol–water partition coefficient (Wildman–Crippen LogP) is 3.91. The van der Waals surface area contributed by atoms with Crippen LogP contribution in [0.1, 0.15) is 30.7 Å². The highest BCUT2D eigenvalue weighted by molar-refractivity contribution is 5.83. The molecular weight excluding hydrogens is 452 g/mol. The van der Waals surface area contributed by atoms with Crippen molar-refractivity contribution in [2.45, 2.75) is 32.7 Å². The Morgan fingerprint density at radius 1 is 1.06 bits per heavy atom. The quantitative estimate of drug-likeness (QED) is 0.412. The van der Waals surface area contributed by atoms with Gasteiger partial charge in [0.15, 0.2) is 0 Å². The zero-order chi connectivity index (χ0) is 24.5. The number of nitrogens with zero attached hydrogens (tertiary/aromatic N) is 6. The summed E-state index contributed by atoms with van der Waals surface area (Å²) in [6.45, 7) is 6.01. The Labute approximate surface area is 210 Å². The van der Waals surface area contributed by atoms with Gasteiger partial charge in [0.1, 0.15) is 11.6 Å². The lowest BCUT2D eigenvalue weighted by molar-refractivity contribution is -0.133. The second-order valence-electron chi connectivity index (χ2n) is 9.75. The molecule has 2 aliphatic rings. The molecule has 1 aromatic carbocycles. The molecule has 4 heterocycles. The van der Waals surface area contributed by atoms with E-state index in [0.717, 1.165) is 78.6 Å². The summed E-state index contributed by atoms with van der Waals surface area (Å²) in [7, 11) is 0.